The van der Waals surface area contributed by atoms with Crippen molar-refractivity contribution in [2.75, 3.05) is 0 Å². The van der Waals surface area contributed by atoms with Gasteiger partial charge in [0.1, 0.15) is 5.82 Å². The molecule has 102 valence electrons. The van der Waals surface area contributed by atoms with Gasteiger partial charge in [0, 0.05) is 24.5 Å². The van der Waals surface area contributed by atoms with Gasteiger partial charge in [-0.15, -0.1) is 5.10 Å². The normalized spacial score (nSPS) is 11.1. The number of nitrogens with zero attached hydrogens (tertiary/aromatic N) is 4. The molecule has 6 nitrogen and oxygen atoms in total. The van der Waals surface area contributed by atoms with Crippen LogP contribution in [0.3, 0.4) is 0 Å². The minimum absolute atomic E-state index is 0.115. The van der Waals surface area contributed by atoms with Crippen LogP contribution in [0.1, 0.15) is 11.1 Å². The number of benzene rings is 1. The van der Waals surface area contributed by atoms with Crippen molar-refractivity contribution in [3.05, 3.63) is 64.2 Å². The molecule has 0 bridgehead atoms. The Bertz CT molecular complexity index is 823. The highest BCUT2D eigenvalue weighted by Gasteiger charge is 2.08. The molecule has 0 atom stereocenters. The van der Waals surface area contributed by atoms with E-state index in [0.29, 0.717) is 11.2 Å². The Kier molecular flexibility index (Phi) is 3.03. The van der Waals surface area contributed by atoms with Crippen LogP contribution in [0, 0.1) is 5.82 Å². The molecule has 1 aromatic carbocycles. The number of aromatic nitrogens is 4. The molecule has 0 aliphatic rings. The van der Waals surface area contributed by atoms with Crippen LogP contribution < -0.4 is 11.4 Å². The molecule has 7 heteroatoms. The summed E-state index contributed by atoms with van der Waals surface area (Å²) in [4.78, 5) is 16.0. The summed E-state index contributed by atoms with van der Waals surface area (Å²) in [5, 5.41) is 4.17. The zero-order valence-corrected chi connectivity index (χ0v) is 10.5. The third kappa shape index (κ3) is 2.08. The molecular formula is C13H12FN5O. The van der Waals surface area contributed by atoms with Gasteiger partial charge < -0.3 is 5.73 Å². The number of fused-ring (bicyclic) bond motifs is 1. The molecule has 0 unspecified atom stereocenters. The molecule has 0 aliphatic heterocycles. The first-order valence-electron chi connectivity index (χ1n) is 6.05. The molecule has 0 saturated heterocycles. The Morgan fingerprint density at radius 3 is 2.95 bits per heavy atom. The van der Waals surface area contributed by atoms with Crippen LogP contribution in [-0.4, -0.2) is 19.2 Å². The summed E-state index contributed by atoms with van der Waals surface area (Å²) in [6, 6.07) is 4.60. The van der Waals surface area contributed by atoms with Crippen LogP contribution in [0.5, 0.6) is 0 Å². The highest BCUT2D eigenvalue weighted by molar-refractivity contribution is 5.32. The zero-order chi connectivity index (χ0) is 14.1. The van der Waals surface area contributed by atoms with Crippen molar-refractivity contribution in [2.45, 2.75) is 13.1 Å². The quantitative estimate of drug-likeness (QED) is 0.755. The fraction of sp³-hybridized carbons (Fsp3) is 0.154. The van der Waals surface area contributed by atoms with Crippen molar-refractivity contribution >= 4 is 5.65 Å². The third-order valence-corrected chi connectivity index (χ3v) is 3.05. The van der Waals surface area contributed by atoms with Crippen molar-refractivity contribution in [3.8, 4) is 0 Å². The van der Waals surface area contributed by atoms with Gasteiger partial charge in [-0.3, -0.25) is 4.98 Å². The predicted octanol–water partition coefficient (Wildman–Crippen LogP) is 0.537. The summed E-state index contributed by atoms with van der Waals surface area (Å²) in [7, 11) is 0. The number of hydrogen-bond acceptors (Lipinski definition) is 4. The summed E-state index contributed by atoms with van der Waals surface area (Å²) in [5.74, 6) is -0.345. The molecule has 0 amide bonds. The third-order valence-electron chi connectivity index (χ3n) is 3.05. The van der Waals surface area contributed by atoms with Gasteiger partial charge in [-0.25, -0.2) is 18.3 Å². The van der Waals surface area contributed by atoms with E-state index < -0.39 is 0 Å². The minimum atomic E-state index is -0.345. The second-order valence-corrected chi connectivity index (χ2v) is 4.37. The maximum Gasteiger partial charge on any atom is 0.350 e. The second kappa shape index (κ2) is 4.86. The fourth-order valence-electron chi connectivity index (χ4n) is 2.04. The van der Waals surface area contributed by atoms with Crippen molar-refractivity contribution in [3.63, 3.8) is 0 Å². The van der Waals surface area contributed by atoms with E-state index in [9.17, 15) is 9.18 Å². The van der Waals surface area contributed by atoms with E-state index in [2.05, 4.69) is 10.1 Å². The summed E-state index contributed by atoms with van der Waals surface area (Å²) >= 11 is 0. The van der Waals surface area contributed by atoms with E-state index in [0.717, 1.165) is 5.56 Å². The fourth-order valence-corrected chi connectivity index (χ4v) is 2.04. The molecule has 20 heavy (non-hydrogen) atoms. The van der Waals surface area contributed by atoms with Crippen molar-refractivity contribution in [1.29, 1.82) is 0 Å². The van der Waals surface area contributed by atoms with Crippen LogP contribution in [0.4, 0.5) is 4.39 Å². The minimum Gasteiger partial charge on any atom is -0.326 e. The second-order valence-electron chi connectivity index (χ2n) is 4.37. The maximum atomic E-state index is 13.4. The van der Waals surface area contributed by atoms with Gasteiger partial charge >= 0.3 is 5.69 Å². The molecule has 3 rings (SSSR count). The maximum absolute atomic E-state index is 13.4. The Balaban J connectivity index is 2.01. The molecule has 0 saturated carbocycles. The largest absolute Gasteiger partial charge is 0.350 e. The lowest BCUT2D eigenvalue weighted by atomic mass is 10.1. The Morgan fingerprint density at radius 2 is 2.20 bits per heavy atom. The Labute approximate surface area is 113 Å². The molecule has 2 aromatic heterocycles. The van der Waals surface area contributed by atoms with E-state index in [4.69, 9.17) is 5.73 Å². The zero-order valence-electron chi connectivity index (χ0n) is 10.5. The molecule has 0 spiro atoms. The van der Waals surface area contributed by atoms with Gasteiger partial charge in [0.2, 0.25) is 0 Å². The first kappa shape index (κ1) is 12.5. The molecule has 0 radical (unpaired) electrons. The monoisotopic (exact) mass is 273 g/mol. The van der Waals surface area contributed by atoms with Gasteiger partial charge in [0.15, 0.2) is 5.65 Å². The average Bonchev–Trinajstić information content (AvgIpc) is 2.78. The number of halogens is 1. The van der Waals surface area contributed by atoms with Crippen molar-refractivity contribution in [2.24, 2.45) is 5.73 Å². The van der Waals surface area contributed by atoms with Gasteiger partial charge in [-0.2, -0.15) is 0 Å². The lowest BCUT2D eigenvalue weighted by Gasteiger charge is -2.04. The van der Waals surface area contributed by atoms with E-state index >= 15 is 0 Å². The van der Waals surface area contributed by atoms with Crippen molar-refractivity contribution < 1.29 is 4.39 Å². The lowest BCUT2D eigenvalue weighted by Crippen LogP contribution is -2.21. The van der Waals surface area contributed by atoms with Gasteiger partial charge in [-0.1, -0.05) is 6.07 Å². The topological polar surface area (TPSA) is 78.2 Å². The van der Waals surface area contributed by atoms with Crippen LogP contribution >= 0.6 is 0 Å². The predicted molar refractivity (Wildman–Crippen MR) is 70.6 cm³/mol. The first-order chi connectivity index (χ1) is 9.69. The summed E-state index contributed by atoms with van der Waals surface area (Å²) in [6.07, 6.45) is 4.58. The molecule has 0 aliphatic carbocycles. The number of nitrogens with two attached hydrogens (primary N) is 1. The smallest absolute Gasteiger partial charge is 0.326 e. The van der Waals surface area contributed by atoms with E-state index in [-0.39, 0.29) is 24.6 Å². The average molecular weight is 273 g/mol. The highest BCUT2D eigenvalue weighted by Crippen LogP contribution is 2.10. The van der Waals surface area contributed by atoms with Gasteiger partial charge in [0.05, 0.1) is 12.7 Å². The number of rotatable bonds is 3. The Hall–Kier alpha value is -2.54. The van der Waals surface area contributed by atoms with Crippen LogP contribution in [0.2, 0.25) is 0 Å². The summed E-state index contributed by atoms with van der Waals surface area (Å²) in [6.45, 7) is 0.372. The Morgan fingerprint density at radius 1 is 1.35 bits per heavy atom. The van der Waals surface area contributed by atoms with Crippen molar-refractivity contribution in [1.82, 2.24) is 19.2 Å². The van der Waals surface area contributed by atoms with E-state index in [1.165, 1.54) is 27.5 Å². The summed E-state index contributed by atoms with van der Waals surface area (Å²) < 4.78 is 16.1. The molecule has 2 N–H and O–H groups in total. The summed E-state index contributed by atoms with van der Waals surface area (Å²) in [5.41, 5.74) is 6.86. The van der Waals surface area contributed by atoms with Crippen LogP contribution in [-0.2, 0) is 13.1 Å². The van der Waals surface area contributed by atoms with Gasteiger partial charge in [0.25, 0.3) is 0 Å². The highest BCUT2D eigenvalue weighted by atomic mass is 19.1. The number of hydrogen-bond donors (Lipinski definition) is 1. The van der Waals surface area contributed by atoms with E-state index in [1.807, 2.05) is 0 Å². The molecular weight excluding hydrogens is 261 g/mol. The van der Waals surface area contributed by atoms with Gasteiger partial charge in [-0.05, 0) is 17.7 Å². The van der Waals surface area contributed by atoms with Crippen LogP contribution in [0.15, 0.2) is 41.6 Å². The van der Waals surface area contributed by atoms with Crippen LogP contribution in [0.25, 0.3) is 5.65 Å². The SMILES string of the molecule is NCc1cc(Cn2nc3cnccn3c2=O)ccc1F. The lowest BCUT2D eigenvalue weighted by molar-refractivity contribution is 0.605. The molecule has 2 heterocycles. The molecule has 3 aromatic rings. The molecule has 0 fully saturated rings. The first-order valence-corrected chi connectivity index (χ1v) is 6.05. The standard InChI is InChI=1S/C13H12FN5O/c14-11-2-1-9(5-10(11)6-15)8-19-13(20)18-4-3-16-7-12(18)17-19/h1-5,7H,6,8,15H2. The van der Waals surface area contributed by atoms with E-state index in [1.54, 1.807) is 18.3 Å².